The second-order valence-electron chi connectivity index (χ2n) is 5.91. The van der Waals surface area contributed by atoms with Crippen molar-refractivity contribution in [2.24, 2.45) is 5.10 Å². The molecule has 0 saturated heterocycles. The van der Waals surface area contributed by atoms with E-state index in [1.807, 2.05) is 6.07 Å². The summed E-state index contributed by atoms with van der Waals surface area (Å²) >= 11 is 6.65. The second-order valence-corrected chi connectivity index (χ2v) is 7.68. The van der Waals surface area contributed by atoms with Gasteiger partial charge in [0.1, 0.15) is 5.75 Å². The molecule has 146 valence electrons. The third-order valence-corrected chi connectivity index (χ3v) is 5.07. The van der Waals surface area contributed by atoms with Crippen molar-refractivity contribution < 1.29 is 14.7 Å². The Kier molecular flexibility index (Phi) is 6.79. The van der Waals surface area contributed by atoms with Crippen LogP contribution in [0.15, 0.2) is 80.8 Å². The van der Waals surface area contributed by atoms with Crippen LogP contribution in [0.2, 0.25) is 0 Å². The van der Waals surface area contributed by atoms with Gasteiger partial charge in [-0.3, -0.25) is 9.59 Å². The highest BCUT2D eigenvalue weighted by atomic mass is 79.9. The number of halogens is 2. The van der Waals surface area contributed by atoms with Gasteiger partial charge in [-0.05, 0) is 70.5 Å². The highest BCUT2D eigenvalue weighted by molar-refractivity contribution is 9.10. The minimum absolute atomic E-state index is 0.0522. The van der Waals surface area contributed by atoms with E-state index in [0.29, 0.717) is 26.9 Å². The van der Waals surface area contributed by atoms with E-state index in [-0.39, 0.29) is 11.7 Å². The zero-order valence-electron chi connectivity index (χ0n) is 14.9. The van der Waals surface area contributed by atoms with Gasteiger partial charge in [0.15, 0.2) is 0 Å². The first-order chi connectivity index (χ1) is 13.9. The molecule has 0 aliphatic carbocycles. The van der Waals surface area contributed by atoms with Gasteiger partial charge in [-0.1, -0.05) is 28.1 Å². The number of hydrogen-bond acceptors (Lipinski definition) is 4. The molecule has 0 aliphatic heterocycles. The first kappa shape index (κ1) is 20.8. The molecule has 6 nitrogen and oxygen atoms in total. The number of benzene rings is 3. The summed E-state index contributed by atoms with van der Waals surface area (Å²) in [6, 6.07) is 18.4. The maximum Gasteiger partial charge on any atom is 0.271 e. The Balaban J connectivity index is 1.61. The summed E-state index contributed by atoms with van der Waals surface area (Å²) in [5.41, 5.74) is 4.31. The lowest BCUT2D eigenvalue weighted by atomic mass is 10.1. The summed E-state index contributed by atoms with van der Waals surface area (Å²) in [4.78, 5) is 24.5. The van der Waals surface area contributed by atoms with E-state index in [4.69, 9.17) is 0 Å². The van der Waals surface area contributed by atoms with Gasteiger partial charge in [-0.25, -0.2) is 5.43 Å². The van der Waals surface area contributed by atoms with Crippen LogP contribution in [-0.4, -0.2) is 23.1 Å². The summed E-state index contributed by atoms with van der Waals surface area (Å²) in [6.45, 7) is 0. The Hall–Kier alpha value is -2.97. The van der Waals surface area contributed by atoms with Crippen molar-refractivity contribution in [2.45, 2.75) is 0 Å². The fourth-order valence-corrected chi connectivity index (χ4v) is 3.25. The molecule has 0 heterocycles. The molecule has 3 aromatic rings. The molecule has 0 aromatic heterocycles. The molecular weight excluding hydrogens is 502 g/mol. The smallest absolute Gasteiger partial charge is 0.271 e. The van der Waals surface area contributed by atoms with Gasteiger partial charge in [0, 0.05) is 25.8 Å². The molecular formula is C21H15Br2N3O3. The number of hydrazone groups is 1. The molecule has 0 spiro atoms. The zero-order chi connectivity index (χ0) is 20.8. The van der Waals surface area contributed by atoms with Crippen LogP contribution in [0, 0.1) is 0 Å². The fraction of sp³-hybridized carbons (Fsp3) is 0. The average molecular weight is 517 g/mol. The van der Waals surface area contributed by atoms with Gasteiger partial charge < -0.3 is 10.4 Å². The number of carbonyl (C=O) groups excluding carboxylic acids is 2. The zero-order valence-corrected chi connectivity index (χ0v) is 18.1. The fourth-order valence-electron chi connectivity index (χ4n) is 2.40. The van der Waals surface area contributed by atoms with Crippen LogP contribution in [0.4, 0.5) is 5.69 Å². The standard InChI is InChI=1S/C21H15Br2N3O3/c22-15-7-10-19(27)14(11-15)12-24-26-20(28)13-5-8-16(9-6-13)25-21(29)17-3-1-2-4-18(17)23/h1-12,27H,(H,25,29)(H,26,28). The molecule has 0 unspecified atom stereocenters. The van der Waals surface area contributed by atoms with E-state index in [2.05, 4.69) is 47.7 Å². The number of amides is 2. The number of nitrogens with zero attached hydrogens (tertiary/aromatic N) is 1. The molecule has 2 amide bonds. The number of phenols is 1. The molecule has 0 saturated carbocycles. The van der Waals surface area contributed by atoms with Gasteiger partial charge in [-0.15, -0.1) is 0 Å². The van der Waals surface area contributed by atoms with Crippen molar-refractivity contribution in [3.63, 3.8) is 0 Å². The molecule has 0 atom stereocenters. The van der Waals surface area contributed by atoms with Gasteiger partial charge in [0.25, 0.3) is 11.8 Å². The lowest BCUT2D eigenvalue weighted by Crippen LogP contribution is -2.18. The van der Waals surface area contributed by atoms with Crippen molar-refractivity contribution in [2.75, 3.05) is 5.32 Å². The summed E-state index contributed by atoms with van der Waals surface area (Å²) < 4.78 is 1.48. The minimum Gasteiger partial charge on any atom is -0.507 e. The predicted molar refractivity (Wildman–Crippen MR) is 119 cm³/mol. The number of carbonyl (C=O) groups is 2. The van der Waals surface area contributed by atoms with Crippen LogP contribution in [0.1, 0.15) is 26.3 Å². The molecule has 29 heavy (non-hydrogen) atoms. The van der Waals surface area contributed by atoms with Crippen molar-refractivity contribution in [1.82, 2.24) is 5.43 Å². The Labute approximate surface area is 183 Å². The van der Waals surface area contributed by atoms with Crippen molar-refractivity contribution >= 4 is 55.6 Å². The normalized spacial score (nSPS) is 10.7. The third kappa shape index (κ3) is 5.52. The van der Waals surface area contributed by atoms with E-state index in [1.54, 1.807) is 54.6 Å². The van der Waals surface area contributed by atoms with E-state index >= 15 is 0 Å². The Morgan fingerprint density at radius 1 is 0.931 bits per heavy atom. The number of nitrogens with one attached hydrogen (secondary N) is 2. The van der Waals surface area contributed by atoms with Gasteiger partial charge in [0.2, 0.25) is 0 Å². The second kappa shape index (κ2) is 9.49. The summed E-state index contributed by atoms with van der Waals surface area (Å²) in [6.07, 6.45) is 1.35. The number of anilines is 1. The van der Waals surface area contributed by atoms with Crippen molar-refractivity contribution in [1.29, 1.82) is 0 Å². The number of hydrogen-bond donors (Lipinski definition) is 3. The summed E-state index contributed by atoms with van der Waals surface area (Å²) in [5.74, 6) is -0.621. The van der Waals surface area contributed by atoms with Gasteiger partial charge >= 0.3 is 0 Å². The molecule has 0 aliphatic rings. The quantitative estimate of drug-likeness (QED) is 0.331. The van der Waals surface area contributed by atoms with Gasteiger partial charge in [-0.2, -0.15) is 5.10 Å². The van der Waals surface area contributed by atoms with Crippen molar-refractivity contribution in [3.05, 3.63) is 92.4 Å². The lowest BCUT2D eigenvalue weighted by Gasteiger charge is -2.07. The molecule has 8 heteroatoms. The Morgan fingerprint density at radius 3 is 2.38 bits per heavy atom. The van der Waals surface area contributed by atoms with E-state index in [9.17, 15) is 14.7 Å². The first-order valence-corrected chi connectivity index (χ1v) is 10.0. The van der Waals surface area contributed by atoms with Crippen LogP contribution < -0.4 is 10.7 Å². The topological polar surface area (TPSA) is 90.8 Å². The Morgan fingerprint density at radius 2 is 1.66 bits per heavy atom. The maximum absolute atomic E-state index is 12.3. The molecule has 0 fully saturated rings. The monoisotopic (exact) mass is 515 g/mol. The number of aromatic hydroxyl groups is 1. The Bertz CT molecular complexity index is 1080. The molecule has 3 aromatic carbocycles. The lowest BCUT2D eigenvalue weighted by molar-refractivity contribution is 0.0954. The maximum atomic E-state index is 12.3. The molecule has 3 N–H and O–H groups in total. The van der Waals surface area contributed by atoms with Crippen LogP contribution in [0.3, 0.4) is 0 Å². The summed E-state index contributed by atoms with van der Waals surface area (Å²) in [5, 5.41) is 16.4. The first-order valence-electron chi connectivity index (χ1n) is 8.42. The third-order valence-electron chi connectivity index (χ3n) is 3.88. The number of phenolic OH excluding ortho intramolecular Hbond substituents is 1. The van der Waals surface area contributed by atoms with E-state index in [1.165, 1.54) is 12.3 Å². The van der Waals surface area contributed by atoms with Crippen LogP contribution >= 0.6 is 31.9 Å². The van der Waals surface area contributed by atoms with Crippen LogP contribution in [0.5, 0.6) is 5.75 Å². The molecule has 3 rings (SSSR count). The highest BCUT2D eigenvalue weighted by Gasteiger charge is 2.10. The van der Waals surface area contributed by atoms with Crippen LogP contribution in [-0.2, 0) is 0 Å². The molecule has 0 bridgehead atoms. The molecule has 0 radical (unpaired) electrons. The highest BCUT2D eigenvalue weighted by Crippen LogP contribution is 2.20. The van der Waals surface area contributed by atoms with E-state index < -0.39 is 5.91 Å². The number of rotatable bonds is 5. The summed E-state index contributed by atoms with van der Waals surface area (Å²) in [7, 11) is 0. The predicted octanol–water partition coefficient (Wildman–Crippen LogP) is 4.93. The minimum atomic E-state index is -0.417. The van der Waals surface area contributed by atoms with Crippen molar-refractivity contribution in [3.8, 4) is 5.75 Å². The van der Waals surface area contributed by atoms with Crippen LogP contribution in [0.25, 0.3) is 0 Å². The van der Waals surface area contributed by atoms with E-state index in [0.717, 1.165) is 4.47 Å². The SMILES string of the molecule is O=C(NN=Cc1cc(Br)ccc1O)c1ccc(NC(=O)c2ccccc2Br)cc1. The largest absolute Gasteiger partial charge is 0.507 e. The van der Waals surface area contributed by atoms with Gasteiger partial charge in [0.05, 0.1) is 11.8 Å². The average Bonchev–Trinajstić information content (AvgIpc) is 2.71.